The van der Waals surface area contributed by atoms with Gasteiger partial charge in [-0.15, -0.1) is 0 Å². The van der Waals surface area contributed by atoms with Gasteiger partial charge in [0.15, 0.2) is 11.5 Å². The van der Waals surface area contributed by atoms with E-state index >= 15 is 0 Å². The Hall–Kier alpha value is -2.46. The number of hydrogen-bond donors (Lipinski definition) is 2. The number of hydrogen-bond acceptors (Lipinski definition) is 3. The number of aryl methyl sites for hydroxylation is 1. The van der Waals surface area contributed by atoms with Gasteiger partial charge in [0.2, 0.25) is 0 Å². The third kappa shape index (κ3) is 2.98. The maximum Gasteiger partial charge on any atom is 0.160 e. The number of aromatic amines is 1. The molecule has 0 fully saturated rings. The molecule has 0 spiro atoms. The number of H-pyrrole nitrogens is 1. The van der Waals surface area contributed by atoms with Gasteiger partial charge in [-0.25, -0.2) is 0 Å². The monoisotopic (exact) mass is 336 g/mol. The molecule has 4 nitrogen and oxygen atoms in total. The molecule has 1 aliphatic rings. The van der Waals surface area contributed by atoms with E-state index in [1.165, 1.54) is 27.7 Å². The van der Waals surface area contributed by atoms with Crippen molar-refractivity contribution < 1.29 is 9.47 Å². The number of nitrogens with one attached hydrogen (secondary N) is 2. The van der Waals surface area contributed by atoms with Gasteiger partial charge in [-0.05, 0) is 55.1 Å². The summed E-state index contributed by atoms with van der Waals surface area (Å²) in [6, 6.07) is 15.2. The van der Waals surface area contributed by atoms with Crippen LogP contribution in [0, 0.1) is 0 Å². The van der Waals surface area contributed by atoms with Crippen LogP contribution in [-0.2, 0) is 12.8 Å². The maximum absolute atomic E-state index is 5.42. The smallest absolute Gasteiger partial charge is 0.160 e. The van der Waals surface area contributed by atoms with E-state index in [1.807, 2.05) is 6.07 Å². The van der Waals surface area contributed by atoms with Crippen molar-refractivity contribution in [2.24, 2.45) is 0 Å². The zero-order valence-corrected chi connectivity index (χ0v) is 14.8. The largest absolute Gasteiger partial charge is 0.493 e. The fourth-order valence-electron chi connectivity index (χ4n) is 3.85. The van der Waals surface area contributed by atoms with Crippen molar-refractivity contribution in [2.45, 2.75) is 25.3 Å². The molecule has 2 N–H and O–H groups in total. The van der Waals surface area contributed by atoms with Crippen LogP contribution in [0.1, 0.15) is 29.3 Å². The van der Waals surface area contributed by atoms with Gasteiger partial charge in [0, 0.05) is 22.6 Å². The average molecular weight is 336 g/mol. The third-order valence-corrected chi connectivity index (χ3v) is 5.13. The topological polar surface area (TPSA) is 46.3 Å². The number of rotatable bonds is 5. The van der Waals surface area contributed by atoms with E-state index in [2.05, 4.69) is 46.7 Å². The Morgan fingerprint density at radius 2 is 1.88 bits per heavy atom. The van der Waals surface area contributed by atoms with Gasteiger partial charge in [-0.1, -0.05) is 24.3 Å². The summed E-state index contributed by atoms with van der Waals surface area (Å²) in [6.45, 7) is 1.03. The molecule has 2 heterocycles. The van der Waals surface area contributed by atoms with Crippen LogP contribution in [0.25, 0.3) is 10.9 Å². The molecule has 4 heteroatoms. The quantitative estimate of drug-likeness (QED) is 0.740. The maximum atomic E-state index is 5.42. The van der Waals surface area contributed by atoms with Crippen molar-refractivity contribution in [1.29, 1.82) is 0 Å². The number of fused-ring (bicyclic) bond motifs is 3. The minimum absolute atomic E-state index is 0.365. The lowest BCUT2D eigenvalue weighted by atomic mass is 9.95. The minimum Gasteiger partial charge on any atom is -0.493 e. The van der Waals surface area contributed by atoms with Crippen molar-refractivity contribution in [1.82, 2.24) is 10.3 Å². The van der Waals surface area contributed by atoms with Crippen molar-refractivity contribution in [2.75, 3.05) is 20.8 Å². The summed E-state index contributed by atoms with van der Waals surface area (Å²) in [4.78, 5) is 3.64. The Balaban J connectivity index is 1.55. The predicted octanol–water partition coefficient (Wildman–Crippen LogP) is 4.00. The van der Waals surface area contributed by atoms with E-state index in [0.717, 1.165) is 37.3 Å². The number of methoxy groups -OCH3 is 2. The van der Waals surface area contributed by atoms with Crippen LogP contribution in [0.3, 0.4) is 0 Å². The molecule has 25 heavy (non-hydrogen) atoms. The highest BCUT2D eigenvalue weighted by atomic mass is 16.5. The Bertz CT molecular complexity index is 885. The Morgan fingerprint density at radius 1 is 1.04 bits per heavy atom. The lowest BCUT2D eigenvalue weighted by Gasteiger charge is -2.24. The molecule has 0 bridgehead atoms. The second-order valence-electron chi connectivity index (χ2n) is 6.55. The van der Waals surface area contributed by atoms with Crippen molar-refractivity contribution >= 4 is 10.9 Å². The van der Waals surface area contributed by atoms with Crippen LogP contribution in [0.4, 0.5) is 0 Å². The molecule has 1 aliphatic heterocycles. The van der Waals surface area contributed by atoms with Gasteiger partial charge in [-0.3, -0.25) is 0 Å². The van der Waals surface area contributed by atoms with Crippen molar-refractivity contribution in [3.05, 3.63) is 59.3 Å². The second-order valence-corrected chi connectivity index (χ2v) is 6.55. The molecule has 1 aromatic heterocycles. The van der Waals surface area contributed by atoms with E-state index in [1.54, 1.807) is 14.2 Å². The molecular formula is C21H24N2O2. The molecule has 0 radical (unpaired) electrons. The van der Waals surface area contributed by atoms with E-state index < -0.39 is 0 Å². The number of benzene rings is 2. The summed E-state index contributed by atoms with van der Waals surface area (Å²) >= 11 is 0. The van der Waals surface area contributed by atoms with Gasteiger partial charge in [0.25, 0.3) is 0 Å². The molecule has 1 atom stereocenters. The molecule has 3 aromatic rings. The molecule has 130 valence electrons. The summed E-state index contributed by atoms with van der Waals surface area (Å²) < 4.78 is 10.7. The molecule has 0 saturated carbocycles. The van der Waals surface area contributed by atoms with Gasteiger partial charge < -0.3 is 19.8 Å². The molecule has 0 aliphatic carbocycles. The summed E-state index contributed by atoms with van der Waals surface area (Å²) in [7, 11) is 3.35. The van der Waals surface area contributed by atoms with Crippen LogP contribution in [0.5, 0.6) is 11.5 Å². The molecule has 1 unspecified atom stereocenters. The van der Waals surface area contributed by atoms with Crippen LogP contribution in [0.15, 0.2) is 42.5 Å². The first-order valence-electron chi connectivity index (χ1n) is 8.84. The normalized spacial score (nSPS) is 16.6. The van der Waals surface area contributed by atoms with Crippen LogP contribution >= 0.6 is 0 Å². The van der Waals surface area contributed by atoms with Gasteiger partial charge in [-0.2, -0.15) is 0 Å². The van der Waals surface area contributed by atoms with E-state index in [4.69, 9.17) is 9.47 Å². The highest BCUT2D eigenvalue weighted by Gasteiger charge is 2.23. The number of ether oxygens (including phenoxy) is 2. The first kappa shape index (κ1) is 16.0. The second kappa shape index (κ2) is 6.81. The van der Waals surface area contributed by atoms with Gasteiger partial charge in [0.1, 0.15) is 0 Å². The zero-order chi connectivity index (χ0) is 17.2. The van der Waals surface area contributed by atoms with Crippen LogP contribution in [0.2, 0.25) is 0 Å². The molecule has 0 amide bonds. The fraction of sp³-hybridized carbons (Fsp3) is 0.333. The highest BCUT2D eigenvalue weighted by Crippen LogP contribution is 2.33. The number of para-hydroxylation sites is 1. The van der Waals surface area contributed by atoms with Crippen LogP contribution < -0.4 is 14.8 Å². The first-order chi connectivity index (χ1) is 12.3. The molecule has 0 saturated heterocycles. The molecule has 2 aromatic carbocycles. The summed E-state index contributed by atoms with van der Waals surface area (Å²) in [5.74, 6) is 1.57. The van der Waals surface area contributed by atoms with Crippen molar-refractivity contribution in [3.8, 4) is 11.5 Å². The lowest BCUT2D eigenvalue weighted by molar-refractivity contribution is 0.354. The van der Waals surface area contributed by atoms with Gasteiger partial charge >= 0.3 is 0 Å². The lowest BCUT2D eigenvalue weighted by Crippen LogP contribution is -2.30. The average Bonchev–Trinajstić information content (AvgIpc) is 3.05. The SMILES string of the molecule is COc1ccc(CCC2NCCc3c2[nH]c2ccccc32)cc1OC. The molecule has 4 rings (SSSR count). The first-order valence-corrected chi connectivity index (χ1v) is 8.84. The highest BCUT2D eigenvalue weighted by molar-refractivity contribution is 5.85. The third-order valence-electron chi connectivity index (χ3n) is 5.13. The van der Waals surface area contributed by atoms with E-state index in [9.17, 15) is 0 Å². The standard InChI is InChI=1S/C21H24N2O2/c1-24-19-10-8-14(13-20(19)25-2)7-9-18-21-16(11-12-22-18)15-5-3-4-6-17(15)23-21/h3-6,8,10,13,18,22-23H,7,9,11-12H2,1-2H3. The summed E-state index contributed by atoms with van der Waals surface area (Å²) in [5.41, 5.74) is 5.34. The predicted molar refractivity (Wildman–Crippen MR) is 101 cm³/mol. The summed E-state index contributed by atoms with van der Waals surface area (Å²) in [6.07, 6.45) is 3.13. The van der Waals surface area contributed by atoms with Gasteiger partial charge in [0.05, 0.1) is 14.2 Å². The van der Waals surface area contributed by atoms with Crippen molar-refractivity contribution in [3.63, 3.8) is 0 Å². The number of aromatic nitrogens is 1. The van der Waals surface area contributed by atoms with E-state index in [-0.39, 0.29) is 0 Å². The fourth-order valence-corrected chi connectivity index (χ4v) is 3.85. The minimum atomic E-state index is 0.365. The summed E-state index contributed by atoms with van der Waals surface area (Å²) in [5, 5.41) is 5.04. The Morgan fingerprint density at radius 3 is 2.72 bits per heavy atom. The zero-order valence-electron chi connectivity index (χ0n) is 14.8. The van der Waals surface area contributed by atoms with Crippen LogP contribution in [-0.4, -0.2) is 25.7 Å². The Kier molecular flexibility index (Phi) is 4.36. The Labute approximate surface area is 148 Å². The van der Waals surface area contributed by atoms with E-state index in [0.29, 0.717) is 6.04 Å². The molecular weight excluding hydrogens is 312 g/mol.